The number of piperidine rings is 1. The number of amides is 1. The van der Waals surface area contributed by atoms with E-state index < -0.39 is 11.9 Å². The molecule has 1 unspecified atom stereocenters. The van der Waals surface area contributed by atoms with Gasteiger partial charge in [0.2, 0.25) is 0 Å². The third kappa shape index (κ3) is 2.94. The van der Waals surface area contributed by atoms with E-state index in [-0.39, 0.29) is 5.91 Å². The molecule has 1 aromatic carbocycles. The highest BCUT2D eigenvalue weighted by Gasteiger charge is 2.30. The second kappa shape index (κ2) is 6.51. The minimum absolute atomic E-state index is 0.0729. The SMILES string of the molecule is Cc1cc(C(=O)N2CCCC(C(=O)O)C2)c(C)n1-c1ccccc1. The van der Waals surface area contributed by atoms with Gasteiger partial charge in [0, 0.05) is 30.2 Å². The molecule has 1 aromatic heterocycles. The highest BCUT2D eigenvalue weighted by atomic mass is 16.4. The number of hydrogen-bond donors (Lipinski definition) is 1. The van der Waals surface area contributed by atoms with Gasteiger partial charge in [0.15, 0.2) is 0 Å². The number of likely N-dealkylation sites (tertiary alicyclic amines) is 1. The summed E-state index contributed by atoms with van der Waals surface area (Å²) < 4.78 is 2.06. The van der Waals surface area contributed by atoms with Crippen molar-refractivity contribution >= 4 is 11.9 Å². The Balaban J connectivity index is 1.90. The quantitative estimate of drug-likeness (QED) is 0.943. The molecule has 5 nitrogen and oxygen atoms in total. The molecule has 0 spiro atoms. The number of carbonyl (C=O) groups is 2. The molecule has 2 heterocycles. The van der Waals surface area contributed by atoms with Crippen LogP contribution in [-0.2, 0) is 4.79 Å². The van der Waals surface area contributed by atoms with E-state index in [1.165, 1.54) is 0 Å². The molecule has 1 N–H and O–H groups in total. The van der Waals surface area contributed by atoms with Crippen LogP contribution in [0.2, 0.25) is 0 Å². The zero-order valence-electron chi connectivity index (χ0n) is 14.0. The lowest BCUT2D eigenvalue weighted by Crippen LogP contribution is -2.42. The molecule has 0 aliphatic carbocycles. The van der Waals surface area contributed by atoms with E-state index in [0.29, 0.717) is 25.1 Å². The van der Waals surface area contributed by atoms with E-state index in [2.05, 4.69) is 4.57 Å². The maximum absolute atomic E-state index is 12.9. The largest absolute Gasteiger partial charge is 0.481 e. The number of aromatic nitrogens is 1. The van der Waals surface area contributed by atoms with Gasteiger partial charge in [-0.3, -0.25) is 9.59 Å². The predicted molar refractivity (Wildman–Crippen MR) is 91.5 cm³/mol. The maximum Gasteiger partial charge on any atom is 0.308 e. The molecule has 1 aliphatic heterocycles. The van der Waals surface area contributed by atoms with Gasteiger partial charge >= 0.3 is 5.97 Å². The minimum Gasteiger partial charge on any atom is -0.481 e. The first-order valence-electron chi connectivity index (χ1n) is 8.25. The Kier molecular flexibility index (Phi) is 4.42. The third-order valence-corrected chi connectivity index (χ3v) is 4.73. The van der Waals surface area contributed by atoms with Crippen LogP contribution in [0.15, 0.2) is 36.4 Å². The fraction of sp³-hybridized carbons (Fsp3) is 0.368. The lowest BCUT2D eigenvalue weighted by atomic mass is 9.97. The van der Waals surface area contributed by atoms with Crippen molar-refractivity contribution in [1.82, 2.24) is 9.47 Å². The van der Waals surface area contributed by atoms with Crippen LogP contribution in [-0.4, -0.2) is 39.5 Å². The molecule has 5 heteroatoms. The summed E-state index contributed by atoms with van der Waals surface area (Å²) in [5.41, 5.74) is 3.56. The molecule has 0 saturated carbocycles. The molecule has 1 aliphatic rings. The molecule has 3 rings (SSSR count). The second-order valence-electron chi connectivity index (χ2n) is 6.38. The van der Waals surface area contributed by atoms with E-state index in [0.717, 1.165) is 23.5 Å². The van der Waals surface area contributed by atoms with Gasteiger partial charge in [-0.1, -0.05) is 18.2 Å². The Morgan fingerprint density at radius 2 is 1.88 bits per heavy atom. The lowest BCUT2D eigenvalue weighted by Gasteiger charge is -2.30. The second-order valence-corrected chi connectivity index (χ2v) is 6.38. The average Bonchev–Trinajstić information content (AvgIpc) is 2.89. The topological polar surface area (TPSA) is 62.5 Å². The van der Waals surface area contributed by atoms with Crippen molar-refractivity contribution in [3.8, 4) is 5.69 Å². The standard InChI is InChI=1S/C19H22N2O3/c1-13-11-17(14(2)21(13)16-8-4-3-5-9-16)18(22)20-10-6-7-15(12-20)19(23)24/h3-5,8-9,11,15H,6-7,10,12H2,1-2H3,(H,23,24). The zero-order chi connectivity index (χ0) is 17.3. The molecule has 1 amide bonds. The summed E-state index contributed by atoms with van der Waals surface area (Å²) in [5, 5.41) is 9.22. The lowest BCUT2D eigenvalue weighted by molar-refractivity contribution is -0.143. The minimum atomic E-state index is -0.817. The van der Waals surface area contributed by atoms with Gasteiger partial charge in [-0.05, 0) is 44.9 Å². The Morgan fingerprint density at radius 3 is 2.54 bits per heavy atom. The molecule has 24 heavy (non-hydrogen) atoms. The van der Waals surface area contributed by atoms with Crippen LogP contribution in [0.3, 0.4) is 0 Å². The van der Waals surface area contributed by atoms with Crippen molar-refractivity contribution in [1.29, 1.82) is 0 Å². The van der Waals surface area contributed by atoms with Crippen molar-refractivity contribution in [2.45, 2.75) is 26.7 Å². The summed E-state index contributed by atoms with van der Waals surface area (Å²) in [4.78, 5) is 25.8. The molecule has 1 saturated heterocycles. The summed E-state index contributed by atoms with van der Waals surface area (Å²) in [5.74, 6) is -1.35. The van der Waals surface area contributed by atoms with E-state index in [9.17, 15) is 14.7 Å². The van der Waals surface area contributed by atoms with E-state index in [1.54, 1.807) is 4.90 Å². The first-order chi connectivity index (χ1) is 11.5. The average molecular weight is 326 g/mol. The normalized spacial score (nSPS) is 17.8. The van der Waals surface area contributed by atoms with Crippen molar-refractivity contribution in [3.63, 3.8) is 0 Å². The van der Waals surface area contributed by atoms with Gasteiger partial charge in [0.1, 0.15) is 0 Å². The summed E-state index contributed by atoms with van der Waals surface area (Å²) >= 11 is 0. The van der Waals surface area contributed by atoms with Crippen LogP contribution < -0.4 is 0 Å². The fourth-order valence-corrected chi connectivity index (χ4v) is 3.49. The van der Waals surface area contributed by atoms with Crippen LogP contribution in [0.5, 0.6) is 0 Å². The van der Waals surface area contributed by atoms with Gasteiger partial charge in [-0.2, -0.15) is 0 Å². The number of aliphatic carboxylic acids is 1. The molecule has 1 atom stereocenters. The predicted octanol–water partition coefficient (Wildman–Crippen LogP) is 3.03. The molecule has 0 radical (unpaired) electrons. The third-order valence-electron chi connectivity index (χ3n) is 4.73. The van der Waals surface area contributed by atoms with Crippen molar-refractivity contribution in [2.24, 2.45) is 5.92 Å². The molecule has 1 fully saturated rings. The monoisotopic (exact) mass is 326 g/mol. The van der Waals surface area contributed by atoms with Gasteiger partial charge in [0.25, 0.3) is 5.91 Å². The number of carboxylic acids is 1. The van der Waals surface area contributed by atoms with Crippen molar-refractivity contribution in [2.75, 3.05) is 13.1 Å². The number of hydrogen-bond acceptors (Lipinski definition) is 2. The van der Waals surface area contributed by atoms with Gasteiger partial charge in [-0.25, -0.2) is 0 Å². The Hall–Kier alpha value is -2.56. The molecule has 126 valence electrons. The van der Waals surface area contributed by atoms with Gasteiger partial charge in [-0.15, -0.1) is 0 Å². The van der Waals surface area contributed by atoms with Crippen LogP contribution in [0, 0.1) is 19.8 Å². The van der Waals surface area contributed by atoms with E-state index >= 15 is 0 Å². The number of nitrogens with zero attached hydrogens (tertiary/aromatic N) is 2. The summed E-state index contributed by atoms with van der Waals surface area (Å²) in [6.07, 6.45) is 1.38. The molecule has 2 aromatic rings. The van der Waals surface area contributed by atoms with Crippen molar-refractivity contribution in [3.05, 3.63) is 53.3 Å². The van der Waals surface area contributed by atoms with Gasteiger partial charge in [0.05, 0.1) is 11.5 Å². The first kappa shape index (κ1) is 16.3. The van der Waals surface area contributed by atoms with Crippen LogP contribution in [0.4, 0.5) is 0 Å². The summed E-state index contributed by atoms with van der Waals surface area (Å²) in [6, 6.07) is 11.8. The van der Waals surface area contributed by atoms with Crippen molar-refractivity contribution < 1.29 is 14.7 Å². The Labute approximate surface area is 141 Å². The molecular weight excluding hydrogens is 304 g/mol. The smallest absolute Gasteiger partial charge is 0.308 e. The van der Waals surface area contributed by atoms with E-state index in [1.807, 2.05) is 50.2 Å². The summed E-state index contributed by atoms with van der Waals surface area (Å²) in [6.45, 7) is 4.83. The number of carboxylic acid groups (broad SMARTS) is 1. The highest BCUT2D eigenvalue weighted by Crippen LogP contribution is 2.24. The molecule has 0 bridgehead atoms. The van der Waals surface area contributed by atoms with E-state index in [4.69, 9.17) is 0 Å². The number of para-hydroxylation sites is 1. The molecular formula is C19H22N2O3. The fourth-order valence-electron chi connectivity index (χ4n) is 3.49. The Bertz CT molecular complexity index is 764. The van der Waals surface area contributed by atoms with Crippen LogP contribution in [0.1, 0.15) is 34.6 Å². The maximum atomic E-state index is 12.9. The zero-order valence-corrected chi connectivity index (χ0v) is 14.0. The number of carbonyl (C=O) groups excluding carboxylic acids is 1. The number of benzene rings is 1. The first-order valence-corrected chi connectivity index (χ1v) is 8.25. The highest BCUT2D eigenvalue weighted by molar-refractivity contribution is 5.96. The number of rotatable bonds is 3. The van der Waals surface area contributed by atoms with Crippen LogP contribution >= 0.6 is 0 Å². The Morgan fingerprint density at radius 1 is 1.17 bits per heavy atom. The van der Waals surface area contributed by atoms with Gasteiger partial charge < -0.3 is 14.6 Å². The number of aryl methyl sites for hydroxylation is 1. The van der Waals surface area contributed by atoms with Crippen LogP contribution in [0.25, 0.3) is 5.69 Å². The summed E-state index contributed by atoms with van der Waals surface area (Å²) in [7, 11) is 0.